The van der Waals surface area contributed by atoms with Crippen molar-refractivity contribution in [3.8, 4) is 5.88 Å². The first kappa shape index (κ1) is 17.2. The van der Waals surface area contributed by atoms with Crippen LogP contribution in [0.3, 0.4) is 0 Å². The van der Waals surface area contributed by atoms with Crippen LogP contribution in [-0.2, 0) is 16.2 Å². The average molecular weight is 372 g/mol. The van der Waals surface area contributed by atoms with Crippen LogP contribution in [0.15, 0.2) is 30.7 Å². The number of carbonyl (C=O) groups is 1. The second-order valence-electron chi connectivity index (χ2n) is 5.28. The van der Waals surface area contributed by atoms with E-state index in [-0.39, 0.29) is 5.88 Å². The van der Waals surface area contributed by atoms with E-state index in [0.29, 0.717) is 12.2 Å². The third kappa shape index (κ3) is 3.58. The number of aromatic nitrogens is 3. The number of imidazole rings is 1. The highest BCUT2D eigenvalue weighted by atomic mass is 32.1. The zero-order chi connectivity index (χ0) is 18.2. The number of aryl methyl sites for hydroxylation is 2. The van der Waals surface area contributed by atoms with Crippen LogP contribution in [0.4, 0.5) is 13.2 Å². The number of thiazole rings is 1. The molecule has 3 rings (SSSR count). The Bertz CT molecular complexity index is 933. The highest BCUT2D eigenvalue weighted by Gasteiger charge is 2.43. The molecule has 0 saturated heterocycles. The van der Waals surface area contributed by atoms with Crippen LogP contribution in [0.25, 0.3) is 5.65 Å². The summed E-state index contributed by atoms with van der Waals surface area (Å²) in [6, 6.07) is 3.57. The van der Waals surface area contributed by atoms with Crippen molar-refractivity contribution in [1.29, 1.82) is 0 Å². The molecule has 0 amide bonds. The summed E-state index contributed by atoms with van der Waals surface area (Å²) < 4.78 is 40.1. The van der Waals surface area contributed by atoms with Gasteiger partial charge in [0.1, 0.15) is 6.54 Å². The van der Waals surface area contributed by atoms with Crippen molar-refractivity contribution in [2.75, 3.05) is 0 Å². The first-order valence-electron chi connectivity index (χ1n) is 7.13. The smallest absolute Gasteiger partial charge is 0.250 e. The lowest BCUT2D eigenvalue weighted by atomic mass is 10.3. The molecule has 0 spiro atoms. The third-order valence-corrected chi connectivity index (χ3v) is 4.27. The van der Waals surface area contributed by atoms with Crippen molar-refractivity contribution in [2.24, 2.45) is 0 Å². The van der Waals surface area contributed by atoms with Gasteiger partial charge >= 0.3 is 18.0 Å². The van der Waals surface area contributed by atoms with E-state index in [1.807, 2.05) is 19.9 Å². The molecule has 0 aliphatic carbocycles. The molecular formula is C15H13F3N3O3S+. The van der Waals surface area contributed by atoms with Crippen LogP contribution in [0, 0.1) is 13.8 Å². The highest BCUT2D eigenvalue weighted by molar-refractivity contribution is 7.11. The molecule has 10 heteroatoms. The lowest BCUT2D eigenvalue weighted by Gasteiger charge is -2.03. The largest absolute Gasteiger partial charge is 0.495 e. The first-order chi connectivity index (χ1) is 11.8. The Morgan fingerprint density at radius 1 is 1.40 bits per heavy atom. The Labute approximate surface area is 144 Å². The quantitative estimate of drug-likeness (QED) is 0.402. The van der Waals surface area contributed by atoms with Gasteiger partial charge in [-0.3, -0.25) is 0 Å². The molecular weight excluding hydrogens is 359 g/mol. The van der Waals surface area contributed by atoms with E-state index in [4.69, 9.17) is 0 Å². The summed E-state index contributed by atoms with van der Waals surface area (Å²) in [5.41, 5.74) is 1.58. The Hall–Kier alpha value is -2.62. The van der Waals surface area contributed by atoms with Gasteiger partial charge in [0.05, 0.1) is 16.1 Å². The van der Waals surface area contributed by atoms with Crippen LogP contribution >= 0.6 is 11.3 Å². The van der Waals surface area contributed by atoms with Gasteiger partial charge in [0.25, 0.3) is 5.65 Å². The normalized spacial score (nSPS) is 11.7. The minimum absolute atomic E-state index is 0.0439. The maximum absolute atomic E-state index is 12.3. The van der Waals surface area contributed by atoms with Gasteiger partial charge in [0.2, 0.25) is 0 Å². The maximum Gasteiger partial charge on any atom is 0.495 e. The number of nitrogens with zero attached hydrogens (tertiary/aromatic N) is 3. The SMILES string of the molecule is Cc1ncc(C[n+]2cc(OOC(=O)C(F)(F)F)n3cccc(C)c32)s1. The molecule has 3 aromatic rings. The summed E-state index contributed by atoms with van der Waals surface area (Å²) in [5.74, 6) is -2.46. The van der Waals surface area contributed by atoms with Gasteiger partial charge in [-0.25, -0.2) is 24.1 Å². The summed E-state index contributed by atoms with van der Waals surface area (Å²) in [4.78, 5) is 24.5. The number of pyridine rings is 1. The number of rotatable bonds is 4. The number of carbonyl (C=O) groups excluding carboxylic acids is 1. The third-order valence-electron chi connectivity index (χ3n) is 3.37. The molecule has 132 valence electrons. The van der Waals surface area contributed by atoms with Gasteiger partial charge in [0, 0.05) is 11.8 Å². The predicted octanol–water partition coefficient (Wildman–Crippen LogP) is 2.75. The number of hydrogen-bond donors (Lipinski definition) is 0. The summed E-state index contributed by atoms with van der Waals surface area (Å²) >= 11 is 1.51. The molecule has 0 N–H and O–H groups in total. The Balaban J connectivity index is 1.94. The van der Waals surface area contributed by atoms with Crippen molar-refractivity contribution in [3.63, 3.8) is 0 Å². The van der Waals surface area contributed by atoms with Crippen LogP contribution in [0.5, 0.6) is 5.88 Å². The molecule has 0 fully saturated rings. The number of fused-ring (bicyclic) bond motifs is 1. The van der Waals surface area contributed by atoms with E-state index in [2.05, 4.69) is 14.8 Å². The topological polar surface area (TPSA) is 56.7 Å². The molecule has 0 atom stereocenters. The van der Waals surface area contributed by atoms with Crippen LogP contribution < -0.4 is 9.45 Å². The number of alkyl halides is 3. The van der Waals surface area contributed by atoms with Crippen molar-refractivity contribution in [1.82, 2.24) is 9.38 Å². The molecule has 0 aliphatic rings. The fraction of sp³-hybridized carbons (Fsp3) is 0.267. The molecule has 0 radical (unpaired) electrons. The van der Waals surface area contributed by atoms with E-state index in [1.54, 1.807) is 23.0 Å². The van der Waals surface area contributed by atoms with Crippen LogP contribution in [0.2, 0.25) is 0 Å². The second kappa shape index (κ2) is 6.36. The van der Waals surface area contributed by atoms with Gasteiger partial charge in [-0.2, -0.15) is 17.6 Å². The van der Waals surface area contributed by atoms with E-state index >= 15 is 0 Å². The Morgan fingerprint density at radius 2 is 2.16 bits per heavy atom. The molecule has 0 aliphatic heterocycles. The summed E-state index contributed by atoms with van der Waals surface area (Å²) in [5, 5.41) is 0.909. The monoisotopic (exact) mass is 372 g/mol. The Kier molecular flexibility index (Phi) is 4.38. The molecule has 0 saturated carbocycles. The lowest BCUT2D eigenvalue weighted by Crippen LogP contribution is -2.33. The summed E-state index contributed by atoms with van der Waals surface area (Å²) in [6.45, 7) is 4.19. The van der Waals surface area contributed by atoms with E-state index in [1.165, 1.54) is 21.9 Å². The van der Waals surface area contributed by atoms with E-state index < -0.39 is 12.1 Å². The average Bonchev–Trinajstić information content (AvgIpc) is 3.09. The van der Waals surface area contributed by atoms with Crippen LogP contribution in [-0.4, -0.2) is 21.5 Å². The number of halogens is 3. The predicted molar refractivity (Wildman–Crippen MR) is 81.1 cm³/mol. The summed E-state index contributed by atoms with van der Waals surface area (Å²) in [7, 11) is 0. The molecule has 3 heterocycles. The van der Waals surface area contributed by atoms with Gasteiger partial charge in [0.15, 0.2) is 6.20 Å². The lowest BCUT2D eigenvalue weighted by molar-refractivity contribution is -0.662. The van der Waals surface area contributed by atoms with Crippen molar-refractivity contribution in [2.45, 2.75) is 26.6 Å². The Morgan fingerprint density at radius 3 is 2.80 bits per heavy atom. The maximum atomic E-state index is 12.3. The highest BCUT2D eigenvalue weighted by Crippen LogP contribution is 2.21. The van der Waals surface area contributed by atoms with E-state index in [0.717, 1.165) is 15.4 Å². The zero-order valence-electron chi connectivity index (χ0n) is 13.2. The van der Waals surface area contributed by atoms with Crippen molar-refractivity contribution < 1.29 is 32.3 Å². The molecule has 6 nitrogen and oxygen atoms in total. The summed E-state index contributed by atoms with van der Waals surface area (Å²) in [6.07, 6.45) is -0.313. The fourth-order valence-electron chi connectivity index (χ4n) is 2.36. The standard InChI is InChI=1S/C15H13F3N3O3S/c1-9-4-3-5-21-12(23-24-14(22)15(16,17)18)8-20(13(9)21)7-11-6-19-10(2)25-11/h3-6,8H,7H2,1-2H3/q+1. The fourth-order valence-corrected chi connectivity index (χ4v) is 3.16. The molecule has 0 bridgehead atoms. The van der Waals surface area contributed by atoms with Crippen molar-refractivity contribution >= 4 is 23.0 Å². The van der Waals surface area contributed by atoms with Gasteiger partial charge < -0.3 is 0 Å². The first-order valence-corrected chi connectivity index (χ1v) is 7.94. The number of hydrogen-bond acceptors (Lipinski definition) is 5. The molecule has 0 aromatic carbocycles. The molecule has 25 heavy (non-hydrogen) atoms. The van der Waals surface area contributed by atoms with Gasteiger partial charge in [-0.15, -0.1) is 11.3 Å². The van der Waals surface area contributed by atoms with Crippen LogP contribution in [0.1, 0.15) is 15.4 Å². The van der Waals surface area contributed by atoms with E-state index in [9.17, 15) is 18.0 Å². The second-order valence-corrected chi connectivity index (χ2v) is 6.60. The van der Waals surface area contributed by atoms with Gasteiger partial charge in [-0.1, -0.05) is 0 Å². The minimum atomic E-state index is -5.13. The van der Waals surface area contributed by atoms with Crippen molar-refractivity contribution in [3.05, 3.63) is 46.2 Å². The van der Waals surface area contributed by atoms with Gasteiger partial charge in [-0.05, 0) is 26.0 Å². The minimum Gasteiger partial charge on any atom is -0.250 e. The molecule has 3 aromatic heterocycles. The molecule has 0 unspecified atom stereocenters. The zero-order valence-corrected chi connectivity index (χ0v) is 14.0.